The van der Waals surface area contributed by atoms with E-state index in [1.807, 2.05) is 26.8 Å². The third-order valence-electron chi connectivity index (χ3n) is 4.11. The predicted molar refractivity (Wildman–Crippen MR) is 103 cm³/mol. The van der Waals surface area contributed by atoms with Gasteiger partial charge in [-0.05, 0) is 64.3 Å². The van der Waals surface area contributed by atoms with Crippen LogP contribution in [0.1, 0.15) is 43.0 Å². The highest BCUT2D eigenvalue weighted by molar-refractivity contribution is 8.08. The minimum atomic E-state index is -0.507. The molecule has 3 rings (SSSR count). The van der Waals surface area contributed by atoms with Gasteiger partial charge >= 0.3 is 5.97 Å². The average molecular weight is 356 g/mol. The second-order valence-corrected chi connectivity index (χ2v) is 8.52. The summed E-state index contributed by atoms with van der Waals surface area (Å²) in [5, 5.41) is 0.849. The van der Waals surface area contributed by atoms with Crippen molar-refractivity contribution >= 4 is 28.2 Å². The number of hydrogen-bond donors (Lipinski definition) is 0. The Kier molecular flexibility index (Phi) is 4.58. The van der Waals surface area contributed by atoms with E-state index < -0.39 is 5.60 Å². The number of thioether (sulfide) groups is 1. The molecule has 0 saturated carbocycles. The lowest BCUT2D eigenvalue weighted by Gasteiger charge is -2.22. The van der Waals surface area contributed by atoms with Gasteiger partial charge in [0.05, 0.1) is 16.7 Å². The molecule has 0 fully saturated rings. The number of esters is 1. The second-order valence-electron chi connectivity index (χ2n) is 7.54. The molecule has 1 aliphatic heterocycles. The summed E-state index contributed by atoms with van der Waals surface area (Å²) in [7, 11) is 0. The highest BCUT2D eigenvalue weighted by Crippen LogP contribution is 2.33. The fourth-order valence-electron chi connectivity index (χ4n) is 3.24. The molecule has 0 amide bonds. The fraction of sp³-hybridized carbons (Fsp3) is 0.381. The Hall–Kier alpha value is -1.94. The summed E-state index contributed by atoms with van der Waals surface area (Å²) in [6.45, 7) is 12.0. The molecule has 132 valence electrons. The number of ether oxygens (including phenoxy) is 1. The standard InChI is InChI=1S/C21H24O3S/c1-12-9-13(2)17(14(3)10-12)19-18-15(7-8-23-18)16(11-25-19)20(22)24-21(4,5)6/h7-10H,11H2,1-6H3. The molecule has 25 heavy (non-hydrogen) atoms. The van der Waals surface area contributed by atoms with Gasteiger partial charge in [-0.25, -0.2) is 4.79 Å². The van der Waals surface area contributed by atoms with E-state index in [1.165, 1.54) is 22.3 Å². The summed E-state index contributed by atoms with van der Waals surface area (Å²) < 4.78 is 11.4. The molecule has 1 aromatic carbocycles. The zero-order valence-electron chi connectivity index (χ0n) is 15.6. The molecule has 4 heteroatoms. The number of carbonyl (C=O) groups excluding carboxylic acids is 1. The number of rotatable bonds is 2. The van der Waals surface area contributed by atoms with Crippen molar-refractivity contribution in [1.82, 2.24) is 0 Å². The van der Waals surface area contributed by atoms with Crippen LogP contribution in [0.2, 0.25) is 0 Å². The van der Waals surface area contributed by atoms with Crippen LogP contribution in [0, 0.1) is 20.8 Å². The van der Waals surface area contributed by atoms with E-state index in [-0.39, 0.29) is 5.97 Å². The Morgan fingerprint density at radius 1 is 1.16 bits per heavy atom. The van der Waals surface area contributed by atoms with Crippen molar-refractivity contribution in [1.29, 1.82) is 0 Å². The number of benzene rings is 1. The quantitative estimate of drug-likeness (QED) is 0.771. The van der Waals surface area contributed by atoms with Crippen molar-refractivity contribution in [3.05, 3.63) is 57.4 Å². The third-order valence-corrected chi connectivity index (χ3v) is 5.22. The first-order valence-electron chi connectivity index (χ1n) is 8.43. The van der Waals surface area contributed by atoms with Crippen molar-refractivity contribution in [2.75, 3.05) is 5.75 Å². The summed E-state index contributed by atoms with van der Waals surface area (Å²) in [6, 6.07) is 6.24. The van der Waals surface area contributed by atoms with Gasteiger partial charge in [-0.15, -0.1) is 11.8 Å². The summed E-state index contributed by atoms with van der Waals surface area (Å²) in [5.74, 6) is 0.322. The van der Waals surface area contributed by atoms with Gasteiger partial charge in [-0.1, -0.05) is 17.7 Å². The van der Waals surface area contributed by atoms with Crippen LogP contribution >= 0.6 is 11.8 Å². The van der Waals surface area contributed by atoms with Gasteiger partial charge in [0.15, 0.2) is 0 Å². The van der Waals surface area contributed by atoms with Crippen molar-refractivity contribution in [2.45, 2.75) is 47.1 Å². The molecule has 1 aliphatic rings. The van der Waals surface area contributed by atoms with Gasteiger partial charge in [-0.3, -0.25) is 0 Å². The topological polar surface area (TPSA) is 39.4 Å². The summed E-state index contributed by atoms with van der Waals surface area (Å²) >= 11 is 1.65. The fourth-order valence-corrected chi connectivity index (χ4v) is 4.56. The molecule has 0 saturated heterocycles. The molecule has 0 bridgehead atoms. The lowest BCUT2D eigenvalue weighted by Crippen LogP contribution is -2.35. The molecule has 0 radical (unpaired) electrons. The second kappa shape index (κ2) is 6.41. The van der Waals surface area contributed by atoms with Gasteiger partial charge in [0.2, 0.25) is 0 Å². The third kappa shape index (κ3) is 3.54. The van der Waals surface area contributed by atoms with E-state index >= 15 is 0 Å². The minimum absolute atomic E-state index is 0.265. The van der Waals surface area contributed by atoms with E-state index in [0.717, 1.165) is 15.5 Å². The number of fused-ring (bicyclic) bond motifs is 1. The Balaban J connectivity index is 2.22. The van der Waals surface area contributed by atoms with Gasteiger partial charge in [0.25, 0.3) is 0 Å². The van der Waals surface area contributed by atoms with Crippen LogP contribution in [-0.2, 0) is 9.53 Å². The lowest BCUT2D eigenvalue weighted by atomic mass is 9.99. The maximum atomic E-state index is 12.6. The molecule has 0 unspecified atom stereocenters. The molecule has 0 atom stereocenters. The maximum Gasteiger partial charge on any atom is 0.336 e. The molecule has 2 aromatic rings. The van der Waals surface area contributed by atoms with E-state index in [9.17, 15) is 4.79 Å². The zero-order chi connectivity index (χ0) is 18.4. The Morgan fingerprint density at radius 2 is 1.80 bits per heavy atom. The van der Waals surface area contributed by atoms with Crippen LogP contribution in [0.25, 0.3) is 10.5 Å². The molecular formula is C21H24O3S. The average Bonchev–Trinajstić information content (AvgIpc) is 2.93. The van der Waals surface area contributed by atoms with Crippen molar-refractivity contribution in [3.63, 3.8) is 0 Å². The Bertz CT molecular complexity index is 935. The molecule has 0 spiro atoms. The summed E-state index contributed by atoms with van der Waals surface area (Å²) in [6.07, 6.45) is 1.65. The SMILES string of the molecule is Cc1cc(C)c(C2=c3occc3=C(C(=O)OC(C)(C)C)CS2)c(C)c1. The molecular weight excluding hydrogens is 332 g/mol. The first-order valence-corrected chi connectivity index (χ1v) is 9.41. The van der Waals surface area contributed by atoms with E-state index in [0.29, 0.717) is 11.3 Å². The Morgan fingerprint density at radius 3 is 2.40 bits per heavy atom. The smallest absolute Gasteiger partial charge is 0.336 e. The maximum absolute atomic E-state index is 12.6. The number of aryl methyl sites for hydroxylation is 3. The normalized spacial score (nSPS) is 14.5. The van der Waals surface area contributed by atoms with Crippen LogP contribution in [0.5, 0.6) is 0 Å². The number of furan rings is 1. The van der Waals surface area contributed by atoms with Gasteiger partial charge in [-0.2, -0.15) is 0 Å². The largest absolute Gasteiger partial charge is 0.463 e. The molecule has 0 aliphatic carbocycles. The van der Waals surface area contributed by atoms with Gasteiger partial charge in [0, 0.05) is 11.0 Å². The van der Waals surface area contributed by atoms with Crippen LogP contribution in [-0.4, -0.2) is 17.3 Å². The predicted octanol–water partition coefficient (Wildman–Crippen LogP) is 3.60. The lowest BCUT2D eigenvalue weighted by molar-refractivity contribution is -0.147. The van der Waals surface area contributed by atoms with E-state index in [2.05, 4.69) is 32.9 Å². The van der Waals surface area contributed by atoms with Crippen LogP contribution < -0.4 is 10.6 Å². The Labute approximate surface area is 152 Å². The number of carbonyl (C=O) groups is 1. The highest BCUT2D eigenvalue weighted by Gasteiger charge is 2.26. The van der Waals surface area contributed by atoms with Crippen molar-refractivity contribution < 1.29 is 13.9 Å². The molecule has 0 N–H and O–H groups in total. The van der Waals surface area contributed by atoms with Crippen molar-refractivity contribution in [3.8, 4) is 0 Å². The first kappa shape index (κ1) is 17.9. The zero-order valence-corrected chi connectivity index (χ0v) is 16.5. The minimum Gasteiger partial charge on any atom is -0.463 e. The summed E-state index contributed by atoms with van der Waals surface area (Å²) in [5.41, 5.74) is 5.84. The molecule has 2 heterocycles. The van der Waals surface area contributed by atoms with E-state index in [1.54, 1.807) is 18.0 Å². The van der Waals surface area contributed by atoms with Crippen LogP contribution in [0.4, 0.5) is 0 Å². The first-order chi connectivity index (χ1) is 11.7. The van der Waals surface area contributed by atoms with Crippen LogP contribution in [0.3, 0.4) is 0 Å². The van der Waals surface area contributed by atoms with E-state index in [4.69, 9.17) is 9.15 Å². The van der Waals surface area contributed by atoms with Crippen LogP contribution in [0.15, 0.2) is 28.9 Å². The van der Waals surface area contributed by atoms with Gasteiger partial charge < -0.3 is 9.15 Å². The monoisotopic (exact) mass is 356 g/mol. The summed E-state index contributed by atoms with van der Waals surface area (Å²) in [4.78, 5) is 13.7. The molecule has 1 aromatic heterocycles. The number of hydrogen-bond acceptors (Lipinski definition) is 4. The molecule has 3 nitrogen and oxygen atoms in total. The highest BCUT2D eigenvalue weighted by atomic mass is 32.2. The van der Waals surface area contributed by atoms with Crippen molar-refractivity contribution in [2.24, 2.45) is 0 Å². The van der Waals surface area contributed by atoms with Gasteiger partial charge in [0.1, 0.15) is 11.0 Å².